The smallest absolute Gasteiger partial charge is 0.254 e. The minimum Gasteiger partial charge on any atom is -0.384 e. The molecular weight excluding hydrogens is 274 g/mol. The predicted molar refractivity (Wildman–Crippen MR) is 78.1 cm³/mol. The molecule has 1 aromatic heterocycles. The number of thiophene rings is 1. The molecule has 0 bridgehead atoms. The molecule has 0 aliphatic carbocycles. The number of ether oxygens (including phenoxy) is 2. The number of likely N-dealkylation sites (tertiary alicyclic amines) is 1. The minimum absolute atomic E-state index is 0.0169. The number of hydrogen-bond acceptors (Lipinski definition) is 4. The van der Waals surface area contributed by atoms with E-state index in [1.54, 1.807) is 18.4 Å². The lowest BCUT2D eigenvalue weighted by molar-refractivity contribution is -0.142. The SMILES string of the molecule is COC[C@]12CCCO[C@@H]1CCN(C(=O)c1ccsc1)C2. The lowest BCUT2D eigenvalue weighted by Gasteiger charge is -2.50. The summed E-state index contributed by atoms with van der Waals surface area (Å²) < 4.78 is 11.4. The third-order valence-corrected chi connectivity index (χ3v) is 5.16. The second kappa shape index (κ2) is 5.84. The summed E-state index contributed by atoms with van der Waals surface area (Å²) in [6.45, 7) is 3.05. The first kappa shape index (κ1) is 14.0. The number of carbonyl (C=O) groups excluding carboxylic acids is 1. The van der Waals surface area contributed by atoms with Crippen molar-refractivity contribution in [2.45, 2.75) is 25.4 Å². The summed E-state index contributed by atoms with van der Waals surface area (Å²) in [5.74, 6) is 0.144. The van der Waals surface area contributed by atoms with E-state index in [-0.39, 0.29) is 17.4 Å². The number of rotatable bonds is 3. The molecular formula is C15H21NO3S. The summed E-state index contributed by atoms with van der Waals surface area (Å²) in [7, 11) is 1.74. The van der Waals surface area contributed by atoms with Crippen molar-refractivity contribution in [3.05, 3.63) is 22.4 Å². The van der Waals surface area contributed by atoms with E-state index in [1.165, 1.54) is 0 Å². The summed E-state index contributed by atoms with van der Waals surface area (Å²) in [6, 6.07) is 1.90. The van der Waals surface area contributed by atoms with Gasteiger partial charge in [0.25, 0.3) is 5.91 Å². The summed E-state index contributed by atoms with van der Waals surface area (Å²) >= 11 is 1.57. The number of methoxy groups -OCH3 is 1. The van der Waals surface area contributed by atoms with Crippen LogP contribution < -0.4 is 0 Å². The van der Waals surface area contributed by atoms with Gasteiger partial charge in [0.2, 0.25) is 0 Å². The van der Waals surface area contributed by atoms with Crippen molar-refractivity contribution in [3.63, 3.8) is 0 Å². The maximum Gasteiger partial charge on any atom is 0.254 e. The Kier molecular flexibility index (Phi) is 4.10. The third kappa shape index (κ3) is 2.50. The van der Waals surface area contributed by atoms with E-state index in [9.17, 15) is 4.79 Å². The molecule has 2 aliphatic heterocycles. The zero-order chi connectivity index (χ0) is 14.0. The van der Waals surface area contributed by atoms with E-state index in [0.29, 0.717) is 6.61 Å². The lowest BCUT2D eigenvalue weighted by Crippen LogP contribution is -2.57. The molecule has 2 fully saturated rings. The van der Waals surface area contributed by atoms with Gasteiger partial charge in [0.15, 0.2) is 0 Å². The van der Waals surface area contributed by atoms with Crippen LogP contribution in [0.1, 0.15) is 29.6 Å². The molecule has 0 unspecified atom stereocenters. The highest BCUT2D eigenvalue weighted by Gasteiger charge is 2.47. The van der Waals surface area contributed by atoms with E-state index < -0.39 is 0 Å². The molecule has 1 amide bonds. The number of fused-ring (bicyclic) bond motifs is 1. The largest absolute Gasteiger partial charge is 0.384 e. The molecule has 0 saturated carbocycles. The number of amides is 1. The zero-order valence-corrected chi connectivity index (χ0v) is 12.7. The Labute approximate surface area is 123 Å². The molecule has 0 radical (unpaired) electrons. The first-order valence-electron chi connectivity index (χ1n) is 7.17. The predicted octanol–water partition coefficient (Wildman–Crippen LogP) is 2.41. The van der Waals surface area contributed by atoms with Crippen molar-refractivity contribution < 1.29 is 14.3 Å². The van der Waals surface area contributed by atoms with Crippen molar-refractivity contribution in [1.82, 2.24) is 4.90 Å². The number of piperidine rings is 1. The zero-order valence-electron chi connectivity index (χ0n) is 11.8. The van der Waals surface area contributed by atoms with Gasteiger partial charge in [-0.3, -0.25) is 4.79 Å². The molecule has 5 heteroatoms. The molecule has 2 atom stereocenters. The third-order valence-electron chi connectivity index (χ3n) is 4.48. The fourth-order valence-corrected chi connectivity index (χ4v) is 4.16. The van der Waals surface area contributed by atoms with Gasteiger partial charge in [0, 0.05) is 37.6 Å². The van der Waals surface area contributed by atoms with Crippen molar-refractivity contribution in [2.75, 3.05) is 33.4 Å². The number of carbonyl (C=O) groups is 1. The first-order chi connectivity index (χ1) is 9.75. The van der Waals surface area contributed by atoms with E-state index in [2.05, 4.69) is 0 Å². The molecule has 4 nitrogen and oxygen atoms in total. The van der Waals surface area contributed by atoms with Crippen LogP contribution in [0, 0.1) is 5.41 Å². The summed E-state index contributed by atoms with van der Waals surface area (Å²) in [6.07, 6.45) is 3.29. The van der Waals surface area contributed by atoms with Crippen molar-refractivity contribution in [2.24, 2.45) is 5.41 Å². The van der Waals surface area contributed by atoms with Gasteiger partial charge in [-0.15, -0.1) is 0 Å². The normalized spacial score (nSPS) is 30.1. The Bertz CT molecular complexity index is 458. The Balaban J connectivity index is 1.77. The van der Waals surface area contributed by atoms with Crippen LogP contribution in [0.25, 0.3) is 0 Å². The van der Waals surface area contributed by atoms with Crippen LogP contribution in [0.15, 0.2) is 16.8 Å². The lowest BCUT2D eigenvalue weighted by atomic mass is 9.73. The second-order valence-electron chi connectivity index (χ2n) is 5.79. The van der Waals surface area contributed by atoms with Crippen LogP contribution in [0.5, 0.6) is 0 Å². The fourth-order valence-electron chi connectivity index (χ4n) is 3.53. The highest BCUT2D eigenvalue weighted by atomic mass is 32.1. The van der Waals surface area contributed by atoms with Crippen molar-refractivity contribution >= 4 is 17.2 Å². The summed E-state index contributed by atoms with van der Waals surface area (Å²) in [5, 5.41) is 3.88. The fraction of sp³-hybridized carbons (Fsp3) is 0.667. The van der Waals surface area contributed by atoms with Gasteiger partial charge in [-0.25, -0.2) is 0 Å². The van der Waals surface area contributed by atoms with E-state index in [1.807, 2.05) is 21.7 Å². The molecule has 3 rings (SSSR count). The minimum atomic E-state index is -0.0169. The summed E-state index contributed by atoms with van der Waals surface area (Å²) in [4.78, 5) is 14.5. The Morgan fingerprint density at radius 1 is 1.65 bits per heavy atom. The Morgan fingerprint density at radius 3 is 3.30 bits per heavy atom. The van der Waals surface area contributed by atoms with Gasteiger partial charge in [-0.05, 0) is 30.7 Å². The molecule has 3 heterocycles. The Hall–Kier alpha value is -0.910. The van der Waals surface area contributed by atoms with Gasteiger partial charge in [0.05, 0.1) is 18.3 Å². The van der Waals surface area contributed by atoms with Crippen LogP contribution in [0.3, 0.4) is 0 Å². The van der Waals surface area contributed by atoms with Crippen molar-refractivity contribution in [1.29, 1.82) is 0 Å². The van der Waals surface area contributed by atoms with Crippen molar-refractivity contribution in [3.8, 4) is 0 Å². The van der Waals surface area contributed by atoms with Crippen LogP contribution >= 0.6 is 11.3 Å². The van der Waals surface area contributed by atoms with E-state index in [0.717, 1.165) is 44.5 Å². The average Bonchev–Trinajstić information content (AvgIpc) is 3.00. The second-order valence-corrected chi connectivity index (χ2v) is 6.57. The van der Waals surface area contributed by atoms with Crippen LogP contribution in [-0.4, -0.2) is 50.3 Å². The number of hydrogen-bond donors (Lipinski definition) is 0. The van der Waals surface area contributed by atoms with Gasteiger partial charge >= 0.3 is 0 Å². The molecule has 2 aliphatic rings. The molecule has 20 heavy (non-hydrogen) atoms. The molecule has 2 saturated heterocycles. The van der Waals surface area contributed by atoms with Gasteiger partial charge in [0.1, 0.15) is 0 Å². The number of nitrogens with zero attached hydrogens (tertiary/aromatic N) is 1. The maximum absolute atomic E-state index is 12.5. The first-order valence-corrected chi connectivity index (χ1v) is 8.11. The van der Waals surface area contributed by atoms with Gasteiger partial charge in [-0.2, -0.15) is 11.3 Å². The summed E-state index contributed by atoms with van der Waals surface area (Å²) in [5.41, 5.74) is 0.787. The molecule has 0 aromatic carbocycles. The standard InChI is InChI=1S/C15H21NO3S/c1-18-11-15-5-2-7-19-13(15)3-6-16(10-15)14(17)12-4-8-20-9-12/h4,8-9,13H,2-3,5-7,10-11H2,1H3/t13-,15-/m1/s1. The topological polar surface area (TPSA) is 38.8 Å². The van der Waals surface area contributed by atoms with E-state index >= 15 is 0 Å². The molecule has 0 N–H and O–H groups in total. The van der Waals surface area contributed by atoms with Crippen LogP contribution in [0.2, 0.25) is 0 Å². The molecule has 0 spiro atoms. The highest BCUT2D eigenvalue weighted by molar-refractivity contribution is 7.08. The van der Waals surface area contributed by atoms with Crippen LogP contribution in [0.4, 0.5) is 0 Å². The average molecular weight is 295 g/mol. The maximum atomic E-state index is 12.5. The molecule has 1 aromatic rings. The monoisotopic (exact) mass is 295 g/mol. The van der Waals surface area contributed by atoms with E-state index in [4.69, 9.17) is 9.47 Å². The van der Waals surface area contributed by atoms with Gasteiger partial charge in [-0.1, -0.05) is 0 Å². The van der Waals surface area contributed by atoms with Crippen LogP contribution in [-0.2, 0) is 9.47 Å². The quantitative estimate of drug-likeness (QED) is 0.859. The van der Waals surface area contributed by atoms with Gasteiger partial charge < -0.3 is 14.4 Å². The Morgan fingerprint density at radius 2 is 2.55 bits per heavy atom. The molecule has 110 valence electrons. The highest BCUT2D eigenvalue weighted by Crippen LogP contribution is 2.40.